The molecule has 0 atom stereocenters. The quantitative estimate of drug-likeness (QED) is 0.203. The zero-order chi connectivity index (χ0) is 20.0. The van der Waals surface area contributed by atoms with Gasteiger partial charge in [-0.05, 0) is 49.9 Å². The summed E-state index contributed by atoms with van der Waals surface area (Å²) < 4.78 is 24.1. The van der Waals surface area contributed by atoms with Crippen molar-refractivity contribution in [2.75, 3.05) is 60.2 Å². The van der Waals surface area contributed by atoms with E-state index in [1.807, 2.05) is 12.1 Å². The first kappa shape index (κ1) is 26.1. The molecule has 1 aliphatic heterocycles. The molecule has 0 saturated carbocycles. The minimum absolute atomic E-state index is 0. The number of aliphatic imine (C=N–C) groups is 1. The normalized spacial score (nSPS) is 15.2. The van der Waals surface area contributed by atoms with Gasteiger partial charge in [0.25, 0.3) is 0 Å². The number of likely N-dealkylation sites (N-methyl/N-ethyl adjacent to an activating group) is 1. The fourth-order valence-electron chi connectivity index (χ4n) is 3.11. The Morgan fingerprint density at radius 3 is 2.59 bits per heavy atom. The van der Waals surface area contributed by atoms with Crippen molar-refractivity contribution in [1.29, 1.82) is 0 Å². The van der Waals surface area contributed by atoms with Crippen molar-refractivity contribution in [2.24, 2.45) is 10.9 Å². The first-order chi connectivity index (χ1) is 13.7. The van der Waals surface area contributed by atoms with Crippen LogP contribution in [0.25, 0.3) is 0 Å². The van der Waals surface area contributed by atoms with E-state index in [0.717, 1.165) is 83.4 Å². The van der Waals surface area contributed by atoms with Crippen LogP contribution in [0.2, 0.25) is 0 Å². The Balaban J connectivity index is 0.00000420. The second-order valence-corrected chi connectivity index (χ2v) is 7.27. The van der Waals surface area contributed by atoms with Crippen molar-refractivity contribution < 1.29 is 13.9 Å². The molecule has 0 aliphatic carbocycles. The van der Waals surface area contributed by atoms with Crippen LogP contribution in [0.1, 0.15) is 24.8 Å². The van der Waals surface area contributed by atoms with Gasteiger partial charge < -0.3 is 25.0 Å². The van der Waals surface area contributed by atoms with E-state index in [4.69, 9.17) is 9.47 Å². The molecule has 0 aromatic heterocycles. The van der Waals surface area contributed by atoms with Crippen molar-refractivity contribution >= 4 is 29.9 Å². The van der Waals surface area contributed by atoms with E-state index in [-0.39, 0.29) is 29.8 Å². The summed E-state index contributed by atoms with van der Waals surface area (Å²) in [6, 6.07) is 6.65. The van der Waals surface area contributed by atoms with E-state index in [2.05, 4.69) is 27.6 Å². The maximum atomic E-state index is 13.0. The second-order valence-electron chi connectivity index (χ2n) is 7.27. The third-order valence-electron chi connectivity index (χ3n) is 4.83. The largest absolute Gasteiger partial charge is 0.381 e. The van der Waals surface area contributed by atoms with E-state index in [0.29, 0.717) is 5.92 Å². The molecule has 2 N–H and O–H groups in total. The molecule has 1 saturated heterocycles. The average molecular weight is 522 g/mol. The topological polar surface area (TPSA) is 58.1 Å². The second kappa shape index (κ2) is 15.8. The van der Waals surface area contributed by atoms with Gasteiger partial charge in [0.2, 0.25) is 0 Å². The van der Waals surface area contributed by atoms with Crippen LogP contribution < -0.4 is 10.6 Å². The molecule has 8 heteroatoms. The Morgan fingerprint density at radius 2 is 1.90 bits per heavy atom. The molecular weight excluding hydrogens is 486 g/mol. The van der Waals surface area contributed by atoms with Crippen LogP contribution in [-0.4, -0.2) is 71.0 Å². The zero-order valence-corrected chi connectivity index (χ0v) is 20.0. The standard InChI is InChI=1S/C21H35FN4O2.HI/c1-23-21(24-10-3-13-28-17-19-8-14-27-15-9-19)25-11-12-26(2)16-18-4-6-20(22)7-5-18;/h4-7,19H,3,8-17H2,1-2H3,(H2,23,24,25);1H. The fraction of sp³-hybridized carbons (Fsp3) is 0.667. The van der Waals surface area contributed by atoms with Crippen molar-refractivity contribution in [3.05, 3.63) is 35.6 Å². The van der Waals surface area contributed by atoms with Crippen molar-refractivity contribution in [3.8, 4) is 0 Å². The molecular formula is C21H36FIN4O2. The van der Waals surface area contributed by atoms with Crippen molar-refractivity contribution in [2.45, 2.75) is 25.8 Å². The van der Waals surface area contributed by atoms with Gasteiger partial charge in [0, 0.05) is 59.7 Å². The highest BCUT2D eigenvalue weighted by atomic mass is 127. The SMILES string of the molecule is CN=C(NCCCOCC1CCOCC1)NCCN(C)Cc1ccc(F)cc1.I. The lowest BCUT2D eigenvalue weighted by Gasteiger charge is -2.21. The van der Waals surface area contributed by atoms with Gasteiger partial charge in [0.1, 0.15) is 5.82 Å². The Labute approximate surface area is 191 Å². The highest BCUT2D eigenvalue weighted by molar-refractivity contribution is 14.0. The first-order valence-electron chi connectivity index (χ1n) is 10.2. The van der Waals surface area contributed by atoms with Crippen LogP contribution >= 0.6 is 24.0 Å². The number of benzene rings is 1. The van der Waals surface area contributed by atoms with Crippen LogP contribution in [-0.2, 0) is 16.0 Å². The van der Waals surface area contributed by atoms with Crippen LogP contribution in [0.3, 0.4) is 0 Å². The summed E-state index contributed by atoms with van der Waals surface area (Å²) >= 11 is 0. The number of guanidine groups is 1. The summed E-state index contributed by atoms with van der Waals surface area (Å²) in [4.78, 5) is 6.44. The lowest BCUT2D eigenvalue weighted by molar-refractivity contribution is 0.0203. The maximum absolute atomic E-state index is 13.0. The third-order valence-corrected chi connectivity index (χ3v) is 4.83. The predicted octanol–water partition coefficient (Wildman–Crippen LogP) is 2.87. The van der Waals surface area contributed by atoms with E-state index in [1.165, 1.54) is 12.1 Å². The molecule has 0 spiro atoms. The van der Waals surface area contributed by atoms with Crippen molar-refractivity contribution in [3.63, 3.8) is 0 Å². The van der Waals surface area contributed by atoms with Gasteiger partial charge in [-0.1, -0.05) is 12.1 Å². The van der Waals surface area contributed by atoms with E-state index >= 15 is 0 Å². The number of hydrogen-bond donors (Lipinski definition) is 2. The summed E-state index contributed by atoms with van der Waals surface area (Å²) in [5.41, 5.74) is 1.10. The average Bonchev–Trinajstić information content (AvgIpc) is 2.71. The summed E-state index contributed by atoms with van der Waals surface area (Å²) in [7, 11) is 3.83. The highest BCUT2D eigenvalue weighted by Gasteiger charge is 2.13. The molecule has 1 aromatic carbocycles. The fourth-order valence-corrected chi connectivity index (χ4v) is 3.11. The van der Waals surface area contributed by atoms with Gasteiger partial charge in [-0.3, -0.25) is 4.99 Å². The number of nitrogens with zero attached hydrogens (tertiary/aromatic N) is 2. The Kier molecular flexibility index (Phi) is 14.2. The third kappa shape index (κ3) is 11.7. The van der Waals surface area contributed by atoms with Gasteiger partial charge in [0.05, 0.1) is 0 Å². The van der Waals surface area contributed by atoms with Crippen LogP contribution in [0.4, 0.5) is 4.39 Å². The molecule has 2 rings (SSSR count). The molecule has 0 bridgehead atoms. The first-order valence-corrected chi connectivity index (χ1v) is 10.2. The maximum Gasteiger partial charge on any atom is 0.191 e. The van der Waals surface area contributed by atoms with E-state index in [1.54, 1.807) is 7.05 Å². The molecule has 0 radical (unpaired) electrons. The lowest BCUT2D eigenvalue weighted by atomic mass is 10.0. The monoisotopic (exact) mass is 522 g/mol. The molecule has 1 fully saturated rings. The summed E-state index contributed by atoms with van der Waals surface area (Å²) in [6.07, 6.45) is 3.18. The molecule has 29 heavy (non-hydrogen) atoms. The minimum Gasteiger partial charge on any atom is -0.381 e. The highest BCUT2D eigenvalue weighted by Crippen LogP contribution is 2.14. The smallest absolute Gasteiger partial charge is 0.191 e. The number of nitrogens with one attached hydrogen (secondary N) is 2. The van der Waals surface area contributed by atoms with Gasteiger partial charge >= 0.3 is 0 Å². The molecule has 6 nitrogen and oxygen atoms in total. The number of rotatable bonds is 11. The summed E-state index contributed by atoms with van der Waals surface area (Å²) in [5.74, 6) is 1.26. The molecule has 1 heterocycles. The van der Waals surface area contributed by atoms with Gasteiger partial charge in [-0.2, -0.15) is 0 Å². The number of ether oxygens (including phenoxy) is 2. The predicted molar refractivity (Wildman–Crippen MR) is 126 cm³/mol. The molecule has 1 aromatic rings. The Morgan fingerprint density at radius 1 is 1.21 bits per heavy atom. The van der Waals surface area contributed by atoms with Gasteiger partial charge in [-0.25, -0.2) is 4.39 Å². The van der Waals surface area contributed by atoms with Crippen LogP contribution in [0.15, 0.2) is 29.3 Å². The molecule has 166 valence electrons. The van der Waals surface area contributed by atoms with Crippen molar-refractivity contribution in [1.82, 2.24) is 15.5 Å². The Bertz CT molecular complexity index is 568. The van der Waals surface area contributed by atoms with E-state index < -0.39 is 0 Å². The number of hydrogen-bond acceptors (Lipinski definition) is 4. The van der Waals surface area contributed by atoms with Gasteiger partial charge in [0.15, 0.2) is 5.96 Å². The molecule has 1 aliphatic rings. The van der Waals surface area contributed by atoms with E-state index in [9.17, 15) is 4.39 Å². The lowest BCUT2D eigenvalue weighted by Crippen LogP contribution is -2.41. The van der Waals surface area contributed by atoms with Gasteiger partial charge in [-0.15, -0.1) is 24.0 Å². The number of halogens is 2. The molecule has 0 amide bonds. The summed E-state index contributed by atoms with van der Waals surface area (Å²) in [5, 5.41) is 6.64. The Hall–Kier alpha value is -0.970. The summed E-state index contributed by atoms with van der Waals surface area (Å²) in [6.45, 7) is 6.63. The van der Waals surface area contributed by atoms with Crippen LogP contribution in [0, 0.1) is 11.7 Å². The minimum atomic E-state index is -0.197. The zero-order valence-electron chi connectivity index (χ0n) is 17.7. The molecule has 0 unspecified atom stereocenters. The van der Waals surface area contributed by atoms with Crippen LogP contribution in [0.5, 0.6) is 0 Å².